The van der Waals surface area contributed by atoms with Crippen molar-refractivity contribution in [2.75, 3.05) is 0 Å². The molecule has 0 aliphatic carbocycles. The summed E-state index contributed by atoms with van der Waals surface area (Å²) in [6.45, 7) is 0. The molecule has 0 N–H and O–H groups in total. The van der Waals surface area contributed by atoms with Crippen LogP contribution in [0.15, 0.2) is 42.6 Å². The number of carbonyl (C=O) groups is 1. The third kappa shape index (κ3) is 4.32. The quantitative estimate of drug-likeness (QED) is 0.275. The normalized spacial score (nSPS) is 11.4. The van der Waals surface area contributed by atoms with Gasteiger partial charge in [0, 0.05) is 13.4 Å². The molecule has 2 aromatic carbocycles. The highest BCUT2D eigenvalue weighted by molar-refractivity contribution is 9.11. The summed E-state index contributed by atoms with van der Waals surface area (Å²) in [5, 5.41) is -0.864. The van der Waals surface area contributed by atoms with E-state index in [1.807, 2.05) is 0 Å². The van der Waals surface area contributed by atoms with Crippen molar-refractivity contribution in [2.45, 2.75) is 4.90 Å². The van der Waals surface area contributed by atoms with Crippen molar-refractivity contribution in [2.24, 2.45) is 0 Å². The molecule has 128 valence electrons. The molecule has 0 radical (unpaired) electrons. The van der Waals surface area contributed by atoms with Crippen LogP contribution in [-0.4, -0.2) is 18.9 Å². The number of halogens is 5. The van der Waals surface area contributed by atoms with Gasteiger partial charge in [0.25, 0.3) is 0 Å². The second-order valence-corrected chi connectivity index (χ2v) is 9.01. The second-order valence-electron chi connectivity index (χ2n) is 4.28. The first-order valence-corrected chi connectivity index (χ1v) is 10.4. The van der Waals surface area contributed by atoms with Gasteiger partial charge in [-0.25, -0.2) is 13.2 Å². The largest absolute Gasteiger partial charge is 0.744 e. The summed E-state index contributed by atoms with van der Waals surface area (Å²) in [7, 11) is -4.80. The summed E-state index contributed by atoms with van der Waals surface area (Å²) in [5.41, 5.74) is 0.186. The van der Waals surface area contributed by atoms with E-state index in [9.17, 15) is 17.8 Å². The van der Waals surface area contributed by atoms with Crippen LogP contribution in [0.1, 0.15) is 10.4 Å². The third-order valence-electron chi connectivity index (χ3n) is 2.69. The van der Waals surface area contributed by atoms with Gasteiger partial charge in [-0.15, -0.1) is 0 Å². The minimum Gasteiger partial charge on any atom is -0.744 e. The van der Waals surface area contributed by atoms with Crippen LogP contribution in [0.5, 0.6) is 5.75 Å². The van der Waals surface area contributed by atoms with Crippen LogP contribution < -0.4 is 4.74 Å². The van der Waals surface area contributed by atoms with Crippen LogP contribution in [0.3, 0.4) is 0 Å². The molecule has 0 aliphatic heterocycles. The van der Waals surface area contributed by atoms with E-state index >= 15 is 0 Å². The zero-order chi connectivity index (χ0) is 18.2. The van der Waals surface area contributed by atoms with Gasteiger partial charge in [-0.05, 0) is 56.1 Å². The Hall–Kier alpha value is -0.160. The summed E-state index contributed by atoms with van der Waals surface area (Å²) in [6.07, 6.45) is 0. The Labute approximate surface area is 172 Å². The summed E-state index contributed by atoms with van der Waals surface area (Å²) in [5.74, 6) is -0.947. The minimum atomic E-state index is -4.80. The average Bonchev–Trinajstić information content (AvgIpc) is 2.41. The van der Waals surface area contributed by atoms with Crippen molar-refractivity contribution >= 4 is 87.1 Å². The fourth-order valence-electron chi connectivity index (χ4n) is 1.67. The zero-order valence-electron chi connectivity index (χ0n) is 11.1. The summed E-state index contributed by atoms with van der Waals surface area (Å²) in [4.78, 5) is 11.6. The lowest BCUT2D eigenvalue weighted by Gasteiger charge is -2.14. The van der Waals surface area contributed by atoms with Crippen LogP contribution >= 0.6 is 71.0 Å². The van der Waals surface area contributed by atoms with E-state index in [0.717, 1.165) is 16.6 Å². The maximum absolute atomic E-state index is 12.3. The first-order chi connectivity index (χ1) is 11.0. The van der Waals surface area contributed by atoms with Crippen LogP contribution in [0.25, 0.3) is 0 Å². The highest BCUT2D eigenvalue weighted by atomic mass is 79.9. The predicted molar refractivity (Wildman–Crippen MR) is 98.9 cm³/mol. The lowest BCUT2D eigenvalue weighted by Crippen LogP contribution is -2.11. The topological polar surface area (TPSA) is 83.5 Å². The van der Waals surface area contributed by atoms with E-state index in [0.29, 0.717) is 8.95 Å². The Balaban J connectivity index is 2.43. The second kappa shape index (κ2) is 7.61. The molecule has 0 fully saturated rings. The Bertz CT molecular complexity index is 924. The van der Waals surface area contributed by atoms with E-state index < -0.39 is 26.0 Å². The van der Waals surface area contributed by atoms with Crippen LogP contribution in [-0.2, 0) is 10.1 Å². The number of rotatable bonds is 3. The molecule has 5 nitrogen and oxygen atoms in total. The van der Waals surface area contributed by atoms with Gasteiger partial charge in [0.1, 0.15) is 15.1 Å². The molecule has 0 saturated heterocycles. The number of hydrogen-bond donors (Lipinski definition) is 0. The smallest absolute Gasteiger partial charge is 0.345 e. The predicted octanol–water partition coefficient (Wildman–Crippen LogP) is 5.40. The Kier molecular flexibility index (Phi) is 6.39. The monoisotopic (exact) mass is 579 g/mol. The van der Waals surface area contributed by atoms with Gasteiger partial charge in [-0.3, -0.25) is 0 Å². The van der Waals surface area contributed by atoms with Gasteiger partial charge >= 0.3 is 5.97 Å². The van der Waals surface area contributed by atoms with Gasteiger partial charge in [0.15, 0.2) is 5.75 Å². The molecule has 0 spiro atoms. The van der Waals surface area contributed by atoms with Crippen molar-refractivity contribution in [3.63, 3.8) is 0 Å². The van der Waals surface area contributed by atoms with Gasteiger partial charge in [0.2, 0.25) is 0 Å². The molecule has 0 saturated carbocycles. The lowest BCUT2D eigenvalue weighted by atomic mass is 10.2. The lowest BCUT2D eigenvalue weighted by molar-refractivity contribution is 0.0733. The molecule has 0 aromatic heterocycles. The van der Waals surface area contributed by atoms with E-state index in [2.05, 4.69) is 47.8 Å². The van der Waals surface area contributed by atoms with Crippen LogP contribution in [0, 0.1) is 0 Å². The summed E-state index contributed by atoms with van der Waals surface area (Å²) < 4.78 is 40.0. The fourth-order valence-corrected chi connectivity index (χ4v) is 5.51. The van der Waals surface area contributed by atoms with E-state index in [4.69, 9.17) is 27.9 Å². The molecule has 2 aromatic rings. The highest BCUT2D eigenvalue weighted by Crippen LogP contribution is 2.38. The number of ether oxygens (including phenoxy) is 1. The van der Waals surface area contributed by atoms with Crippen molar-refractivity contribution in [3.8, 4) is 5.75 Å². The van der Waals surface area contributed by atoms with Gasteiger partial charge < -0.3 is 9.29 Å². The van der Waals surface area contributed by atoms with Crippen molar-refractivity contribution < 1.29 is 22.5 Å². The standard InChI is InChI=1S/C13H5Br3Cl2O5S/c14-5-3-6(15)10(7(16)4-5)13(19)23-8-1-2-9(24(20,21)22)12(18)11(8)17/h1-4H,(H,20,21,22)/p-1. The summed E-state index contributed by atoms with van der Waals surface area (Å²) in [6, 6.07) is 5.29. The minimum absolute atomic E-state index is 0.180. The maximum Gasteiger partial charge on any atom is 0.345 e. The van der Waals surface area contributed by atoms with Gasteiger partial charge in [-0.1, -0.05) is 39.1 Å². The van der Waals surface area contributed by atoms with Crippen molar-refractivity contribution in [3.05, 3.63) is 53.3 Å². The van der Waals surface area contributed by atoms with Crippen LogP contribution in [0.2, 0.25) is 10.0 Å². The molecule has 24 heavy (non-hydrogen) atoms. The number of carbonyl (C=O) groups excluding carboxylic acids is 1. The molecule has 0 heterocycles. The summed E-state index contributed by atoms with van der Waals surface area (Å²) >= 11 is 21.4. The third-order valence-corrected chi connectivity index (χ3v) is 6.26. The van der Waals surface area contributed by atoms with Gasteiger partial charge in [-0.2, -0.15) is 0 Å². The van der Waals surface area contributed by atoms with Crippen molar-refractivity contribution in [1.29, 1.82) is 0 Å². The molecular weight excluding hydrogens is 579 g/mol. The van der Waals surface area contributed by atoms with E-state index in [1.54, 1.807) is 12.1 Å². The Morgan fingerprint density at radius 2 is 1.58 bits per heavy atom. The van der Waals surface area contributed by atoms with Crippen LogP contribution in [0.4, 0.5) is 0 Å². The zero-order valence-corrected chi connectivity index (χ0v) is 18.2. The Morgan fingerprint density at radius 1 is 1.04 bits per heavy atom. The first-order valence-electron chi connectivity index (χ1n) is 5.83. The number of esters is 1. The number of hydrogen-bond acceptors (Lipinski definition) is 5. The average molecular weight is 583 g/mol. The Morgan fingerprint density at radius 3 is 2.08 bits per heavy atom. The molecule has 0 atom stereocenters. The molecule has 0 amide bonds. The van der Waals surface area contributed by atoms with Crippen molar-refractivity contribution in [1.82, 2.24) is 0 Å². The molecule has 0 aliphatic rings. The fraction of sp³-hybridized carbons (Fsp3) is 0. The van der Waals surface area contributed by atoms with E-state index in [1.165, 1.54) is 0 Å². The molecule has 11 heteroatoms. The number of benzene rings is 2. The molecular formula is C13H4Br3Cl2O5S-. The van der Waals surface area contributed by atoms with E-state index in [-0.39, 0.29) is 16.3 Å². The highest BCUT2D eigenvalue weighted by Gasteiger charge is 2.21. The molecule has 0 bridgehead atoms. The SMILES string of the molecule is O=C(Oc1ccc(S(=O)(=O)[O-])c(Cl)c1Cl)c1c(Br)cc(Br)cc1Br. The molecule has 2 rings (SSSR count). The van der Waals surface area contributed by atoms with Gasteiger partial charge in [0.05, 0.1) is 15.5 Å². The maximum atomic E-state index is 12.3. The molecule has 0 unspecified atom stereocenters. The first kappa shape index (κ1) is 20.2.